The van der Waals surface area contributed by atoms with Crippen molar-refractivity contribution in [1.82, 2.24) is 0 Å². The third-order valence-corrected chi connectivity index (χ3v) is 15.7. The summed E-state index contributed by atoms with van der Waals surface area (Å²) in [5.74, 6) is -0.243. The number of carbonyl (C=O) groups is 2. The van der Waals surface area contributed by atoms with Gasteiger partial charge >= 0.3 is 0 Å². The molecule has 0 N–H and O–H groups in total. The van der Waals surface area contributed by atoms with Crippen LogP contribution in [-0.4, -0.2) is 28.6 Å². The predicted molar refractivity (Wildman–Crippen MR) is 142 cm³/mol. The minimum Gasteiger partial charge on any atom is -0.519 e. The van der Waals surface area contributed by atoms with E-state index in [0.717, 1.165) is 87.6 Å². The molecule has 190 valence electrons. The Morgan fingerprint density at radius 2 is 0.781 bits per heavy atom. The lowest BCUT2D eigenvalue weighted by Gasteiger charge is -2.37. The quantitative estimate of drug-likeness (QED) is 0.172. The van der Waals surface area contributed by atoms with Gasteiger partial charge in [0.05, 0.1) is 0 Å². The van der Waals surface area contributed by atoms with Crippen LogP contribution in [0.4, 0.5) is 0 Å². The van der Waals surface area contributed by atoms with Gasteiger partial charge in [0.25, 0.3) is 28.6 Å². The molecule has 0 unspecified atom stereocenters. The van der Waals surface area contributed by atoms with Gasteiger partial charge in [0.1, 0.15) is 0 Å². The highest BCUT2D eigenvalue weighted by molar-refractivity contribution is 6.80. The molecule has 0 bridgehead atoms. The smallest absolute Gasteiger partial charge is 0.295 e. The number of carbonyl (C=O) groups excluding carboxylic acids is 2. The van der Waals surface area contributed by atoms with Gasteiger partial charge in [-0.05, 0) is 36.3 Å². The summed E-state index contributed by atoms with van der Waals surface area (Å²) in [6.07, 6.45) is 8.95. The van der Waals surface area contributed by atoms with Crippen molar-refractivity contribution >= 4 is 28.6 Å². The van der Waals surface area contributed by atoms with Crippen LogP contribution in [0.15, 0.2) is 0 Å². The number of rotatable bonds is 19. The molecular formula is C26H54O4Si2. The lowest BCUT2D eigenvalue weighted by atomic mass is 10.2. The van der Waals surface area contributed by atoms with Crippen molar-refractivity contribution in [2.24, 2.45) is 11.8 Å². The molecule has 0 saturated carbocycles. The van der Waals surface area contributed by atoms with E-state index >= 15 is 0 Å². The van der Waals surface area contributed by atoms with Crippen molar-refractivity contribution in [3.63, 3.8) is 0 Å². The van der Waals surface area contributed by atoms with E-state index in [4.69, 9.17) is 8.85 Å². The second kappa shape index (κ2) is 16.9. The first kappa shape index (κ1) is 31.4. The molecule has 0 rings (SSSR count). The molecule has 0 aromatic rings. The zero-order valence-corrected chi connectivity index (χ0v) is 24.7. The van der Waals surface area contributed by atoms with Crippen LogP contribution in [0.3, 0.4) is 0 Å². The van der Waals surface area contributed by atoms with E-state index in [2.05, 4.69) is 27.7 Å². The van der Waals surface area contributed by atoms with E-state index in [1.165, 1.54) is 0 Å². The zero-order chi connectivity index (χ0) is 24.6. The third kappa shape index (κ3) is 12.0. The van der Waals surface area contributed by atoms with Gasteiger partial charge in [-0.2, -0.15) is 0 Å². The number of hydrogen-bond donors (Lipinski definition) is 0. The molecule has 4 nitrogen and oxygen atoms in total. The first-order valence-electron chi connectivity index (χ1n) is 13.6. The molecule has 6 heteroatoms. The fraction of sp³-hybridized carbons (Fsp3) is 0.923. The molecule has 0 atom stereocenters. The van der Waals surface area contributed by atoms with Gasteiger partial charge in [0.2, 0.25) is 0 Å². The molecule has 0 aliphatic heterocycles. The van der Waals surface area contributed by atoms with Crippen molar-refractivity contribution < 1.29 is 18.4 Å². The second-order valence-corrected chi connectivity index (χ2v) is 18.6. The summed E-state index contributed by atoms with van der Waals surface area (Å²) in [6, 6.07) is 6.13. The maximum Gasteiger partial charge on any atom is 0.295 e. The Kier molecular flexibility index (Phi) is 16.6. The van der Waals surface area contributed by atoms with Crippen LogP contribution in [0, 0.1) is 11.8 Å². The topological polar surface area (TPSA) is 52.6 Å². The SMILES string of the molecule is CCCC[Si](CCCC)(CC[Si](CCCC)(CCCC)OC(=O)C(C)C)OC(=O)C(C)C. The van der Waals surface area contributed by atoms with Crippen molar-refractivity contribution in [3.05, 3.63) is 0 Å². The van der Waals surface area contributed by atoms with Crippen LogP contribution in [0.1, 0.15) is 107 Å². The van der Waals surface area contributed by atoms with Crippen molar-refractivity contribution in [1.29, 1.82) is 0 Å². The highest BCUT2D eigenvalue weighted by Crippen LogP contribution is 2.37. The summed E-state index contributed by atoms with van der Waals surface area (Å²) < 4.78 is 12.9. The van der Waals surface area contributed by atoms with Crippen LogP contribution in [-0.2, 0) is 18.4 Å². The van der Waals surface area contributed by atoms with Crippen LogP contribution < -0.4 is 0 Å². The fourth-order valence-corrected chi connectivity index (χ4v) is 15.2. The Balaban J connectivity index is 5.96. The number of unbranched alkanes of at least 4 members (excludes halogenated alkanes) is 4. The first-order valence-corrected chi connectivity index (χ1v) is 18.6. The largest absolute Gasteiger partial charge is 0.519 e. The van der Waals surface area contributed by atoms with Gasteiger partial charge in [0, 0.05) is 11.8 Å². The Morgan fingerprint density at radius 1 is 0.531 bits per heavy atom. The average Bonchev–Trinajstić information content (AvgIpc) is 2.76. The summed E-state index contributed by atoms with van der Waals surface area (Å²) in [7, 11) is -4.47. The molecule has 32 heavy (non-hydrogen) atoms. The highest BCUT2D eigenvalue weighted by atomic mass is 28.4. The molecule has 0 fully saturated rings. The predicted octanol–water partition coefficient (Wildman–Crippen LogP) is 8.48. The van der Waals surface area contributed by atoms with Gasteiger partial charge in [0.15, 0.2) is 0 Å². The molecule has 0 aliphatic rings. The standard InChI is InChI=1S/C26H54O4Si2/c1-9-13-17-31(18-14-10-2,29-25(27)23(5)6)21-22-32(19-15-11-3,20-16-12-4)30-26(28)24(7)8/h23-24H,9-22H2,1-8H3. The zero-order valence-electron chi connectivity index (χ0n) is 22.7. The van der Waals surface area contributed by atoms with Crippen molar-refractivity contribution in [2.75, 3.05) is 0 Å². The maximum atomic E-state index is 12.8. The monoisotopic (exact) mass is 486 g/mol. The Labute approximate surface area is 201 Å². The van der Waals surface area contributed by atoms with E-state index in [1.54, 1.807) is 0 Å². The Hall–Kier alpha value is -0.626. The molecule has 0 amide bonds. The van der Waals surface area contributed by atoms with Gasteiger partial charge in [-0.1, -0.05) is 107 Å². The summed E-state index contributed by atoms with van der Waals surface area (Å²) in [5.41, 5.74) is 0. The van der Waals surface area contributed by atoms with Gasteiger partial charge in [-0.25, -0.2) is 0 Å². The summed E-state index contributed by atoms with van der Waals surface area (Å²) in [5, 5.41) is 0. The normalized spacial score (nSPS) is 12.4. The van der Waals surface area contributed by atoms with E-state index in [-0.39, 0.29) is 23.8 Å². The van der Waals surface area contributed by atoms with Crippen molar-refractivity contribution in [2.45, 2.75) is 143 Å². The number of hydrogen-bond acceptors (Lipinski definition) is 4. The van der Waals surface area contributed by atoms with Gasteiger partial charge < -0.3 is 8.85 Å². The Bertz CT molecular complexity index is 458. The van der Waals surface area contributed by atoms with Crippen LogP contribution in [0.5, 0.6) is 0 Å². The lowest BCUT2D eigenvalue weighted by molar-refractivity contribution is -0.139. The van der Waals surface area contributed by atoms with E-state index in [1.807, 2.05) is 27.7 Å². The Morgan fingerprint density at radius 3 is 0.969 bits per heavy atom. The first-order chi connectivity index (χ1) is 15.1. The molecular weight excluding hydrogens is 432 g/mol. The molecule has 0 spiro atoms. The van der Waals surface area contributed by atoms with E-state index in [0.29, 0.717) is 0 Å². The van der Waals surface area contributed by atoms with Gasteiger partial charge in [-0.3, -0.25) is 9.59 Å². The molecule has 0 radical (unpaired) electrons. The van der Waals surface area contributed by atoms with Crippen LogP contribution >= 0.6 is 0 Å². The van der Waals surface area contributed by atoms with Crippen molar-refractivity contribution in [3.8, 4) is 0 Å². The summed E-state index contributed by atoms with van der Waals surface area (Å²) in [4.78, 5) is 25.5. The fourth-order valence-electron chi connectivity index (χ4n) is 4.17. The minimum absolute atomic E-state index is 0.0302. The van der Waals surface area contributed by atoms with Crippen LogP contribution in [0.2, 0.25) is 36.3 Å². The molecule has 0 heterocycles. The van der Waals surface area contributed by atoms with E-state index < -0.39 is 16.6 Å². The maximum absolute atomic E-state index is 12.8. The molecule has 0 saturated heterocycles. The second-order valence-electron chi connectivity index (χ2n) is 10.4. The van der Waals surface area contributed by atoms with Gasteiger partial charge in [-0.15, -0.1) is 0 Å². The lowest BCUT2D eigenvalue weighted by Crippen LogP contribution is -2.47. The van der Waals surface area contributed by atoms with E-state index in [9.17, 15) is 9.59 Å². The van der Waals surface area contributed by atoms with Crippen LogP contribution in [0.25, 0.3) is 0 Å². The third-order valence-electron chi connectivity index (χ3n) is 6.56. The summed E-state index contributed by atoms with van der Waals surface area (Å²) >= 11 is 0. The molecule has 0 aromatic carbocycles. The molecule has 0 aromatic heterocycles. The summed E-state index contributed by atoms with van der Waals surface area (Å²) in [6.45, 7) is 16.6. The highest BCUT2D eigenvalue weighted by Gasteiger charge is 2.44. The average molecular weight is 487 g/mol. The molecule has 0 aliphatic carbocycles. The minimum atomic E-state index is -2.24.